The van der Waals surface area contributed by atoms with Crippen molar-refractivity contribution in [3.8, 4) is 11.4 Å². The quantitative estimate of drug-likeness (QED) is 0.760. The molecule has 19 heavy (non-hydrogen) atoms. The van der Waals surface area contributed by atoms with Crippen molar-refractivity contribution in [2.75, 3.05) is 13.1 Å². The van der Waals surface area contributed by atoms with Crippen LogP contribution in [0.5, 0.6) is 0 Å². The van der Waals surface area contributed by atoms with Crippen molar-refractivity contribution in [3.05, 3.63) is 48.4 Å². The second-order valence-corrected chi connectivity index (χ2v) is 4.87. The summed E-state index contributed by atoms with van der Waals surface area (Å²) in [5, 5.41) is 9.70. The molecule has 0 spiro atoms. The lowest BCUT2D eigenvalue weighted by Gasteiger charge is -2.22. The van der Waals surface area contributed by atoms with E-state index in [-0.39, 0.29) is 0 Å². The van der Waals surface area contributed by atoms with Crippen LogP contribution >= 0.6 is 0 Å². The van der Waals surface area contributed by atoms with Crippen LogP contribution in [0, 0.1) is 0 Å². The monoisotopic (exact) mass is 251 g/mol. The van der Waals surface area contributed by atoms with Crippen LogP contribution < -0.4 is 5.32 Å². The van der Waals surface area contributed by atoms with E-state index in [9.17, 15) is 0 Å². The molecule has 4 nitrogen and oxygen atoms in total. The van der Waals surface area contributed by atoms with Crippen molar-refractivity contribution in [1.82, 2.24) is 15.5 Å². The van der Waals surface area contributed by atoms with Gasteiger partial charge >= 0.3 is 0 Å². The molecule has 1 fully saturated rings. The smallest absolute Gasteiger partial charge is 0.232 e. The Kier molecular flexibility index (Phi) is 2.35. The molecule has 0 unspecified atom stereocenters. The zero-order valence-electron chi connectivity index (χ0n) is 10.3. The van der Waals surface area contributed by atoms with Crippen molar-refractivity contribution < 1.29 is 4.52 Å². The van der Waals surface area contributed by atoms with Crippen LogP contribution in [0.15, 0.2) is 47.0 Å². The summed E-state index contributed by atoms with van der Waals surface area (Å²) in [5.74, 6) is 1.79. The molecular formula is C15H13N3O. The molecule has 1 aliphatic heterocycles. The number of hydrogen-bond acceptors (Lipinski definition) is 4. The van der Waals surface area contributed by atoms with Gasteiger partial charge in [0.2, 0.25) is 11.7 Å². The Labute approximate surface area is 110 Å². The first kappa shape index (κ1) is 10.7. The van der Waals surface area contributed by atoms with Gasteiger partial charge in [-0.25, -0.2) is 0 Å². The maximum absolute atomic E-state index is 5.33. The second kappa shape index (κ2) is 4.17. The highest BCUT2D eigenvalue weighted by Crippen LogP contribution is 2.25. The van der Waals surface area contributed by atoms with Crippen LogP contribution in [-0.4, -0.2) is 23.2 Å². The summed E-state index contributed by atoms with van der Waals surface area (Å²) >= 11 is 0. The highest BCUT2D eigenvalue weighted by Gasteiger charge is 2.25. The van der Waals surface area contributed by atoms with E-state index in [4.69, 9.17) is 4.52 Å². The Balaban J connectivity index is 1.74. The van der Waals surface area contributed by atoms with Gasteiger partial charge in [-0.1, -0.05) is 41.6 Å². The van der Waals surface area contributed by atoms with Gasteiger partial charge in [0, 0.05) is 18.7 Å². The summed E-state index contributed by atoms with van der Waals surface area (Å²) in [5.41, 5.74) is 1.00. The third-order valence-electron chi connectivity index (χ3n) is 3.58. The zero-order valence-corrected chi connectivity index (χ0v) is 10.3. The molecule has 4 heteroatoms. The Bertz CT molecular complexity index is 731. The Morgan fingerprint density at radius 2 is 1.89 bits per heavy atom. The van der Waals surface area contributed by atoms with Crippen molar-refractivity contribution in [2.45, 2.75) is 5.92 Å². The lowest BCUT2D eigenvalue weighted by molar-refractivity contribution is 0.308. The predicted octanol–water partition coefficient (Wildman–Crippen LogP) is 2.58. The fourth-order valence-electron chi connectivity index (χ4n) is 2.31. The largest absolute Gasteiger partial charge is 0.339 e. The minimum Gasteiger partial charge on any atom is -0.339 e. The topological polar surface area (TPSA) is 51.0 Å². The van der Waals surface area contributed by atoms with Crippen molar-refractivity contribution >= 4 is 10.8 Å². The van der Waals surface area contributed by atoms with E-state index in [1.54, 1.807) is 0 Å². The minimum absolute atomic E-state index is 0.377. The van der Waals surface area contributed by atoms with Gasteiger partial charge in [-0.2, -0.15) is 4.98 Å². The molecule has 0 aliphatic carbocycles. The first-order valence-corrected chi connectivity index (χ1v) is 6.44. The first-order chi connectivity index (χ1) is 9.40. The summed E-state index contributed by atoms with van der Waals surface area (Å²) in [6, 6.07) is 14.5. The van der Waals surface area contributed by atoms with Crippen LogP contribution in [-0.2, 0) is 0 Å². The molecule has 1 aromatic heterocycles. The summed E-state index contributed by atoms with van der Waals surface area (Å²) < 4.78 is 5.33. The van der Waals surface area contributed by atoms with Crippen molar-refractivity contribution in [2.24, 2.45) is 0 Å². The van der Waals surface area contributed by atoms with Crippen molar-refractivity contribution in [1.29, 1.82) is 0 Å². The van der Waals surface area contributed by atoms with E-state index in [0.29, 0.717) is 11.7 Å². The lowest BCUT2D eigenvalue weighted by Crippen LogP contribution is -2.40. The Morgan fingerprint density at radius 3 is 2.68 bits per heavy atom. The maximum Gasteiger partial charge on any atom is 0.232 e. The molecule has 0 bridgehead atoms. The lowest BCUT2D eigenvalue weighted by atomic mass is 10.0. The van der Waals surface area contributed by atoms with Crippen LogP contribution in [0.4, 0.5) is 0 Å². The fourth-order valence-corrected chi connectivity index (χ4v) is 2.31. The molecule has 4 rings (SSSR count). The van der Waals surface area contributed by atoms with E-state index in [1.165, 1.54) is 10.8 Å². The van der Waals surface area contributed by atoms with Gasteiger partial charge in [-0.3, -0.25) is 0 Å². The van der Waals surface area contributed by atoms with Gasteiger partial charge in [0.15, 0.2) is 0 Å². The Morgan fingerprint density at radius 1 is 1.05 bits per heavy atom. The molecular weight excluding hydrogens is 238 g/mol. The first-order valence-electron chi connectivity index (χ1n) is 6.44. The molecule has 2 aromatic carbocycles. The number of rotatable bonds is 2. The predicted molar refractivity (Wildman–Crippen MR) is 72.9 cm³/mol. The molecule has 0 amide bonds. The SMILES string of the molecule is c1ccc2cc(-c3noc(C4CNC4)n3)ccc2c1. The second-order valence-electron chi connectivity index (χ2n) is 4.87. The summed E-state index contributed by atoms with van der Waals surface area (Å²) in [7, 11) is 0. The fraction of sp³-hybridized carbons (Fsp3) is 0.200. The highest BCUT2D eigenvalue weighted by atomic mass is 16.5. The van der Waals surface area contributed by atoms with Gasteiger partial charge in [-0.05, 0) is 16.8 Å². The molecule has 3 aromatic rings. The van der Waals surface area contributed by atoms with Crippen LogP contribution in [0.25, 0.3) is 22.2 Å². The van der Waals surface area contributed by atoms with Gasteiger partial charge < -0.3 is 9.84 Å². The van der Waals surface area contributed by atoms with Crippen LogP contribution in [0.2, 0.25) is 0 Å². The molecule has 94 valence electrons. The van der Waals surface area contributed by atoms with E-state index in [0.717, 1.165) is 24.5 Å². The number of aromatic nitrogens is 2. The highest BCUT2D eigenvalue weighted by molar-refractivity contribution is 5.86. The van der Waals surface area contributed by atoms with Crippen LogP contribution in [0.1, 0.15) is 11.8 Å². The van der Waals surface area contributed by atoms with E-state index in [2.05, 4.69) is 39.7 Å². The van der Waals surface area contributed by atoms with E-state index in [1.807, 2.05) is 18.2 Å². The average molecular weight is 251 g/mol. The van der Waals surface area contributed by atoms with Gasteiger partial charge in [0.1, 0.15) is 0 Å². The number of hydrogen-bond donors (Lipinski definition) is 1. The molecule has 0 saturated carbocycles. The summed E-state index contributed by atoms with van der Waals surface area (Å²) in [4.78, 5) is 4.49. The standard InChI is InChI=1S/C15H13N3O/c1-2-4-11-7-12(6-5-10(11)3-1)14-17-15(19-18-14)13-8-16-9-13/h1-7,13,16H,8-9H2. The third-order valence-corrected chi connectivity index (χ3v) is 3.58. The van der Waals surface area contributed by atoms with E-state index < -0.39 is 0 Å². The third kappa shape index (κ3) is 1.81. The van der Waals surface area contributed by atoms with Gasteiger partial charge in [-0.15, -0.1) is 0 Å². The molecule has 1 aliphatic rings. The average Bonchev–Trinajstić information content (AvgIpc) is 2.85. The van der Waals surface area contributed by atoms with Gasteiger partial charge in [0.05, 0.1) is 5.92 Å². The Hall–Kier alpha value is -2.20. The molecule has 1 saturated heterocycles. The van der Waals surface area contributed by atoms with Crippen LogP contribution in [0.3, 0.4) is 0 Å². The zero-order chi connectivity index (χ0) is 12.7. The normalized spacial score (nSPS) is 15.6. The number of benzene rings is 2. The maximum atomic E-state index is 5.33. The minimum atomic E-state index is 0.377. The van der Waals surface area contributed by atoms with E-state index >= 15 is 0 Å². The number of nitrogens with one attached hydrogen (secondary N) is 1. The van der Waals surface area contributed by atoms with Crippen molar-refractivity contribution in [3.63, 3.8) is 0 Å². The molecule has 0 atom stereocenters. The van der Waals surface area contributed by atoms with Gasteiger partial charge in [0.25, 0.3) is 0 Å². The molecule has 0 radical (unpaired) electrons. The summed E-state index contributed by atoms with van der Waals surface area (Å²) in [6.07, 6.45) is 0. The summed E-state index contributed by atoms with van der Waals surface area (Å²) in [6.45, 7) is 1.86. The number of fused-ring (bicyclic) bond motifs is 1. The number of nitrogens with zero attached hydrogens (tertiary/aromatic N) is 2. The molecule has 2 heterocycles. The molecule has 1 N–H and O–H groups in total.